The molecule has 0 aliphatic heterocycles. The van der Waals surface area contributed by atoms with Crippen LogP contribution in [0.15, 0.2) is 0 Å². The van der Waals surface area contributed by atoms with Crippen molar-refractivity contribution in [3.8, 4) is 0 Å². The van der Waals surface area contributed by atoms with Crippen LogP contribution in [0.2, 0.25) is 0 Å². The van der Waals surface area contributed by atoms with E-state index in [2.05, 4.69) is 23.5 Å². The highest BCUT2D eigenvalue weighted by Crippen LogP contribution is 2.38. The van der Waals surface area contributed by atoms with Crippen molar-refractivity contribution >= 4 is 22.4 Å². The van der Waals surface area contributed by atoms with Gasteiger partial charge in [-0.3, -0.25) is 0 Å². The highest BCUT2D eigenvalue weighted by molar-refractivity contribution is 7.10. The molecule has 1 fully saturated rings. The fourth-order valence-corrected chi connectivity index (χ4v) is 3.17. The summed E-state index contributed by atoms with van der Waals surface area (Å²) in [5.41, 5.74) is 7.25. The number of nitrogens with two attached hydrogens (primary N) is 1. The molecule has 2 rings (SSSR count). The Balaban J connectivity index is 2.11. The lowest BCUT2D eigenvalue weighted by molar-refractivity contribution is 0.217. The van der Waals surface area contributed by atoms with Gasteiger partial charge < -0.3 is 11.1 Å². The Morgan fingerprint density at radius 1 is 1.44 bits per heavy atom. The smallest absolute Gasteiger partial charge is 0.142 e. The van der Waals surface area contributed by atoms with Crippen LogP contribution in [-0.2, 0) is 0 Å². The first-order chi connectivity index (χ1) is 7.50. The number of nitrogen functional groups attached to an aromatic ring is 1. The van der Waals surface area contributed by atoms with E-state index in [0.717, 1.165) is 10.6 Å². The molecule has 1 aliphatic rings. The first-order valence-electron chi connectivity index (χ1n) is 5.99. The molecule has 1 heterocycles. The van der Waals surface area contributed by atoms with Crippen LogP contribution in [0.4, 0.5) is 10.8 Å². The fraction of sp³-hybridized carbons (Fsp3) is 0.750. The summed E-state index contributed by atoms with van der Waals surface area (Å²) >= 11 is 1.48. The maximum atomic E-state index is 5.77. The Bertz CT molecular complexity index is 370. The van der Waals surface area contributed by atoms with Gasteiger partial charge in [0.25, 0.3) is 0 Å². The molecule has 0 spiro atoms. The minimum atomic E-state index is 0.378. The van der Waals surface area contributed by atoms with Crippen molar-refractivity contribution in [2.45, 2.75) is 52.5 Å². The van der Waals surface area contributed by atoms with Crippen LogP contribution >= 0.6 is 11.5 Å². The highest BCUT2D eigenvalue weighted by Gasteiger charge is 2.32. The largest absolute Gasteiger partial charge is 0.383 e. The van der Waals surface area contributed by atoms with Gasteiger partial charge in [0.15, 0.2) is 0 Å². The molecule has 16 heavy (non-hydrogen) atoms. The van der Waals surface area contributed by atoms with Gasteiger partial charge in [-0.15, -0.1) is 0 Å². The van der Waals surface area contributed by atoms with E-state index in [1.165, 1.54) is 37.2 Å². The number of rotatable bonds is 2. The molecule has 3 nitrogen and oxygen atoms in total. The summed E-state index contributed by atoms with van der Waals surface area (Å²) in [4.78, 5) is 0. The van der Waals surface area contributed by atoms with Crippen molar-refractivity contribution in [2.24, 2.45) is 5.41 Å². The fourth-order valence-electron chi connectivity index (χ4n) is 2.40. The lowest BCUT2D eigenvalue weighted by Crippen LogP contribution is -2.38. The number of anilines is 2. The topological polar surface area (TPSA) is 50.9 Å². The second-order valence-corrected chi connectivity index (χ2v) is 6.23. The Labute approximate surface area is 102 Å². The van der Waals surface area contributed by atoms with Crippen molar-refractivity contribution in [3.63, 3.8) is 0 Å². The number of nitrogens with zero attached hydrogens (tertiary/aromatic N) is 1. The molecule has 0 saturated heterocycles. The molecule has 0 radical (unpaired) electrons. The normalized spacial score (nSPS) is 24.3. The first kappa shape index (κ1) is 11.7. The van der Waals surface area contributed by atoms with Gasteiger partial charge >= 0.3 is 0 Å². The van der Waals surface area contributed by atoms with Gasteiger partial charge in [-0.2, -0.15) is 4.37 Å². The van der Waals surface area contributed by atoms with Gasteiger partial charge in [-0.25, -0.2) is 0 Å². The molecular weight excluding hydrogens is 218 g/mol. The Morgan fingerprint density at radius 3 is 2.75 bits per heavy atom. The number of nitrogens with one attached hydrogen (secondary N) is 1. The molecular formula is C12H21N3S. The second kappa shape index (κ2) is 4.24. The third-order valence-electron chi connectivity index (χ3n) is 3.77. The van der Waals surface area contributed by atoms with Crippen LogP contribution in [0.25, 0.3) is 0 Å². The SMILES string of the molecule is Cc1c(N)nsc1NC1CCCCC1(C)C. The van der Waals surface area contributed by atoms with Gasteiger partial charge in [0, 0.05) is 11.6 Å². The molecule has 1 aliphatic carbocycles. The average molecular weight is 239 g/mol. The second-order valence-electron chi connectivity index (χ2n) is 5.45. The molecule has 0 amide bonds. The number of hydrogen-bond donors (Lipinski definition) is 2. The van der Waals surface area contributed by atoms with Gasteiger partial charge in [-0.05, 0) is 36.7 Å². The van der Waals surface area contributed by atoms with Crippen LogP contribution in [-0.4, -0.2) is 10.4 Å². The lowest BCUT2D eigenvalue weighted by Gasteiger charge is -2.39. The lowest BCUT2D eigenvalue weighted by atomic mass is 9.73. The van der Waals surface area contributed by atoms with E-state index in [0.29, 0.717) is 17.3 Å². The predicted molar refractivity (Wildman–Crippen MR) is 70.9 cm³/mol. The zero-order valence-electron chi connectivity index (χ0n) is 10.3. The molecule has 0 aromatic carbocycles. The molecule has 90 valence electrons. The zero-order valence-corrected chi connectivity index (χ0v) is 11.2. The monoisotopic (exact) mass is 239 g/mol. The maximum Gasteiger partial charge on any atom is 0.142 e. The highest BCUT2D eigenvalue weighted by atomic mass is 32.1. The molecule has 1 aromatic rings. The van der Waals surface area contributed by atoms with E-state index in [1.54, 1.807) is 0 Å². The molecule has 0 bridgehead atoms. The average Bonchev–Trinajstić information content (AvgIpc) is 2.53. The van der Waals surface area contributed by atoms with Gasteiger partial charge in [-0.1, -0.05) is 26.7 Å². The summed E-state index contributed by atoms with van der Waals surface area (Å²) in [7, 11) is 0. The third kappa shape index (κ3) is 2.17. The summed E-state index contributed by atoms with van der Waals surface area (Å²) in [5, 5.41) is 4.79. The summed E-state index contributed by atoms with van der Waals surface area (Å²) in [6, 6.07) is 0.555. The molecule has 1 unspecified atom stereocenters. The van der Waals surface area contributed by atoms with E-state index in [-0.39, 0.29) is 0 Å². The van der Waals surface area contributed by atoms with E-state index in [4.69, 9.17) is 5.73 Å². The van der Waals surface area contributed by atoms with Crippen LogP contribution in [0.3, 0.4) is 0 Å². The Kier molecular flexibility index (Phi) is 3.10. The molecule has 1 saturated carbocycles. The van der Waals surface area contributed by atoms with Crippen molar-refractivity contribution < 1.29 is 0 Å². The summed E-state index contributed by atoms with van der Waals surface area (Å²) in [5.74, 6) is 0.668. The quantitative estimate of drug-likeness (QED) is 0.831. The Morgan fingerprint density at radius 2 is 2.19 bits per heavy atom. The van der Waals surface area contributed by atoms with Crippen molar-refractivity contribution in [1.82, 2.24) is 4.37 Å². The van der Waals surface area contributed by atoms with Crippen molar-refractivity contribution in [1.29, 1.82) is 0 Å². The standard InChI is InChI=1S/C12H21N3S/c1-8-10(13)15-16-11(8)14-9-6-4-5-7-12(9,2)3/h9,14H,4-7H2,1-3H3,(H2,13,15). The van der Waals surface area contributed by atoms with E-state index in [9.17, 15) is 0 Å². The van der Waals surface area contributed by atoms with Crippen LogP contribution in [0.5, 0.6) is 0 Å². The van der Waals surface area contributed by atoms with Crippen LogP contribution in [0, 0.1) is 12.3 Å². The third-order valence-corrected chi connectivity index (χ3v) is 4.67. The molecule has 3 N–H and O–H groups in total. The minimum absolute atomic E-state index is 0.378. The number of aromatic nitrogens is 1. The van der Waals surface area contributed by atoms with E-state index < -0.39 is 0 Å². The summed E-state index contributed by atoms with van der Waals surface area (Å²) in [6.45, 7) is 6.74. The Hall–Kier alpha value is -0.770. The van der Waals surface area contributed by atoms with Crippen LogP contribution < -0.4 is 11.1 Å². The van der Waals surface area contributed by atoms with Crippen LogP contribution in [0.1, 0.15) is 45.1 Å². The van der Waals surface area contributed by atoms with Gasteiger partial charge in [0.05, 0.1) is 0 Å². The molecule has 1 atom stereocenters. The van der Waals surface area contributed by atoms with Crippen molar-refractivity contribution in [2.75, 3.05) is 11.1 Å². The maximum absolute atomic E-state index is 5.77. The zero-order chi connectivity index (χ0) is 11.8. The molecule has 1 aromatic heterocycles. The number of hydrogen-bond acceptors (Lipinski definition) is 4. The molecule has 4 heteroatoms. The van der Waals surface area contributed by atoms with E-state index in [1.807, 2.05) is 6.92 Å². The predicted octanol–water partition coefficient (Wildman–Crippen LogP) is 3.41. The van der Waals surface area contributed by atoms with Gasteiger partial charge in [0.2, 0.25) is 0 Å². The minimum Gasteiger partial charge on any atom is -0.383 e. The summed E-state index contributed by atoms with van der Waals surface area (Å²) in [6.07, 6.45) is 5.24. The van der Waals surface area contributed by atoms with Crippen molar-refractivity contribution in [3.05, 3.63) is 5.56 Å². The van der Waals surface area contributed by atoms with E-state index >= 15 is 0 Å². The van der Waals surface area contributed by atoms with Gasteiger partial charge in [0.1, 0.15) is 10.8 Å². The summed E-state index contributed by atoms with van der Waals surface area (Å²) < 4.78 is 4.19. The first-order valence-corrected chi connectivity index (χ1v) is 6.76.